The van der Waals surface area contributed by atoms with Crippen molar-refractivity contribution in [1.82, 2.24) is 4.98 Å². The fourth-order valence-corrected chi connectivity index (χ4v) is 3.54. The maximum atomic E-state index is 11.4. The smallest absolute Gasteiger partial charge is 0.175 e. The number of nitrogens with one attached hydrogen (secondary N) is 1. The highest BCUT2D eigenvalue weighted by Gasteiger charge is 2.13. The van der Waals surface area contributed by atoms with E-state index in [2.05, 4.69) is 37.1 Å². The van der Waals surface area contributed by atoms with E-state index in [-0.39, 0.29) is 4.75 Å². The Labute approximate surface area is 142 Å². The maximum absolute atomic E-state index is 11.4. The van der Waals surface area contributed by atoms with Crippen LogP contribution in [0, 0.1) is 0 Å². The molecule has 23 heavy (non-hydrogen) atoms. The van der Waals surface area contributed by atoms with Crippen molar-refractivity contribution in [3.63, 3.8) is 0 Å². The van der Waals surface area contributed by atoms with Crippen LogP contribution in [-0.4, -0.2) is 24.4 Å². The Balaban J connectivity index is 2.02. The summed E-state index contributed by atoms with van der Waals surface area (Å²) in [5, 5.41) is 4.30. The van der Waals surface area contributed by atoms with E-state index in [1.807, 2.05) is 12.3 Å². The standard InChI is InChI=1S/C17H22N2O2S2/c1-17(2,3)22-16-11-13(9-10-18-16)12-19-14-5-7-15(8-6-14)23(4,20)21/h5-11,19H,12H2,1-4H3. The Hall–Kier alpha value is -1.53. The van der Waals surface area contributed by atoms with Gasteiger partial charge in [-0.25, -0.2) is 13.4 Å². The lowest BCUT2D eigenvalue weighted by Gasteiger charge is -2.17. The van der Waals surface area contributed by atoms with Gasteiger partial charge in [-0.2, -0.15) is 0 Å². The van der Waals surface area contributed by atoms with Crippen molar-refractivity contribution >= 4 is 27.3 Å². The van der Waals surface area contributed by atoms with Crippen molar-refractivity contribution < 1.29 is 8.42 Å². The molecular weight excluding hydrogens is 328 g/mol. The molecule has 1 N–H and O–H groups in total. The van der Waals surface area contributed by atoms with E-state index in [9.17, 15) is 8.42 Å². The molecule has 0 saturated heterocycles. The average molecular weight is 351 g/mol. The third-order valence-corrected chi connectivity index (χ3v) is 5.16. The zero-order valence-electron chi connectivity index (χ0n) is 13.8. The summed E-state index contributed by atoms with van der Waals surface area (Å²) in [5.41, 5.74) is 2.03. The molecule has 0 saturated carbocycles. The van der Waals surface area contributed by atoms with E-state index in [1.54, 1.807) is 36.0 Å². The minimum atomic E-state index is -3.15. The van der Waals surface area contributed by atoms with Gasteiger partial charge in [0.1, 0.15) is 0 Å². The van der Waals surface area contributed by atoms with Crippen LogP contribution in [0.2, 0.25) is 0 Å². The van der Waals surface area contributed by atoms with E-state index < -0.39 is 9.84 Å². The molecule has 1 aromatic heterocycles. The predicted molar refractivity (Wildman–Crippen MR) is 96.7 cm³/mol. The minimum Gasteiger partial charge on any atom is -0.381 e. The molecular formula is C17H22N2O2S2. The molecule has 0 spiro atoms. The Kier molecular flexibility index (Phi) is 5.37. The second-order valence-corrected chi connectivity index (χ2v) is 10.2. The molecule has 0 radical (unpaired) electrons. The first kappa shape index (κ1) is 17.8. The number of aromatic nitrogens is 1. The zero-order chi connectivity index (χ0) is 17.1. The SMILES string of the molecule is CC(C)(C)Sc1cc(CNc2ccc(S(C)(=O)=O)cc2)ccn1. The van der Waals surface area contributed by atoms with Crippen LogP contribution in [0.15, 0.2) is 52.5 Å². The molecule has 1 aromatic carbocycles. The van der Waals surface area contributed by atoms with Crippen LogP contribution >= 0.6 is 11.8 Å². The molecule has 6 heteroatoms. The summed E-state index contributed by atoms with van der Waals surface area (Å²) in [6.45, 7) is 7.15. The summed E-state index contributed by atoms with van der Waals surface area (Å²) < 4.78 is 23.0. The maximum Gasteiger partial charge on any atom is 0.175 e. The number of thioether (sulfide) groups is 1. The Morgan fingerprint density at radius 1 is 1.13 bits per heavy atom. The van der Waals surface area contributed by atoms with E-state index in [0.29, 0.717) is 11.4 Å². The van der Waals surface area contributed by atoms with Crippen molar-refractivity contribution in [3.05, 3.63) is 48.2 Å². The van der Waals surface area contributed by atoms with Crippen LogP contribution in [0.3, 0.4) is 0 Å². The first-order valence-corrected chi connectivity index (χ1v) is 10.0. The normalized spacial score (nSPS) is 12.2. The Bertz CT molecular complexity index is 764. The molecule has 0 bridgehead atoms. The Morgan fingerprint density at radius 3 is 2.35 bits per heavy atom. The quantitative estimate of drug-likeness (QED) is 0.826. The van der Waals surface area contributed by atoms with Crippen LogP contribution in [0.1, 0.15) is 26.3 Å². The second-order valence-electron chi connectivity index (χ2n) is 6.37. The third-order valence-electron chi connectivity index (χ3n) is 2.99. The first-order valence-electron chi connectivity index (χ1n) is 7.31. The lowest BCUT2D eigenvalue weighted by molar-refractivity contribution is 0.602. The number of hydrogen-bond donors (Lipinski definition) is 1. The summed E-state index contributed by atoms with van der Waals surface area (Å²) in [6.07, 6.45) is 3.03. The molecule has 0 atom stereocenters. The third kappa shape index (κ3) is 5.88. The number of hydrogen-bond acceptors (Lipinski definition) is 5. The van der Waals surface area contributed by atoms with E-state index in [0.717, 1.165) is 16.3 Å². The number of pyridine rings is 1. The summed E-state index contributed by atoms with van der Waals surface area (Å²) in [5.74, 6) is 0. The molecule has 4 nitrogen and oxygen atoms in total. The van der Waals surface area contributed by atoms with Gasteiger partial charge in [-0.15, -0.1) is 11.8 Å². The van der Waals surface area contributed by atoms with Crippen LogP contribution < -0.4 is 5.32 Å². The second kappa shape index (κ2) is 6.93. The molecule has 1 heterocycles. The summed E-state index contributed by atoms with van der Waals surface area (Å²) >= 11 is 1.74. The van der Waals surface area contributed by atoms with Crippen molar-refractivity contribution in [1.29, 1.82) is 0 Å². The van der Waals surface area contributed by atoms with Gasteiger partial charge in [0, 0.05) is 29.4 Å². The topological polar surface area (TPSA) is 59.1 Å². The molecule has 0 fully saturated rings. The molecule has 124 valence electrons. The number of rotatable bonds is 5. The summed E-state index contributed by atoms with van der Waals surface area (Å²) in [7, 11) is -3.15. The van der Waals surface area contributed by atoms with Crippen LogP contribution in [0.4, 0.5) is 5.69 Å². The molecule has 0 aliphatic heterocycles. The number of anilines is 1. The summed E-state index contributed by atoms with van der Waals surface area (Å²) in [4.78, 5) is 4.72. The number of sulfone groups is 1. The van der Waals surface area contributed by atoms with Gasteiger partial charge in [-0.05, 0) is 42.0 Å². The van der Waals surface area contributed by atoms with Crippen molar-refractivity contribution in [3.8, 4) is 0 Å². The molecule has 2 rings (SSSR count). The van der Waals surface area contributed by atoms with Crippen molar-refractivity contribution in [2.24, 2.45) is 0 Å². The highest BCUT2D eigenvalue weighted by atomic mass is 32.2. The molecule has 0 aliphatic carbocycles. The van der Waals surface area contributed by atoms with Gasteiger partial charge in [0.25, 0.3) is 0 Å². The zero-order valence-corrected chi connectivity index (χ0v) is 15.5. The van der Waals surface area contributed by atoms with Crippen LogP contribution in [0.25, 0.3) is 0 Å². The van der Waals surface area contributed by atoms with Gasteiger partial charge >= 0.3 is 0 Å². The largest absolute Gasteiger partial charge is 0.381 e. The number of nitrogens with zero attached hydrogens (tertiary/aromatic N) is 1. The molecule has 2 aromatic rings. The van der Waals surface area contributed by atoms with Crippen molar-refractivity contribution in [2.45, 2.75) is 42.0 Å². The van der Waals surface area contributed by atoms with Crippen LogP contribution in [0.5, 0.6) is 0 Å². The van der Waals surface area contributed by atoms with Gasteiger partial charge < -0.3 is 5.32 Å². The lowest BCUT2D eigenvalue weighted by Crippen LogP contribution is -2.07. The minimum absolute atomic E-state index is 0.126. The highest BCUT2D eigenvalue weighted by Crippen LogP contribution is 2.30. The fraction of sp³-hybridized carbons (Fsp3) is 0.353. The monoisotopic (exact) mass is 350 g/mol. The van der Waals surface area contributed by atoms with Gasteiger partial charge in [-0.1, -0.05) is 20.8 Å². The lowest BCUT2D eigenvalue weighted by atomic mass is 10.2. The van der Waals surface area contributed by atoms with E-state index in [1.165, 1.54) is 6.26 Å². The van der Waals surface area contributed by atoms with Gasteiger partial charge in [-0.3, -0.25) is 0 Å². The molecule has 0 aliphatic rings. The van der Waals surface area contributed by atoms with E-state index in [4.69, 9.17) is 0 Å². The van der Waals surface area contributed by atoms with E-state index >= 15 is 0 Å². The fourth-order valence-electron chi connectivity index (χ4n) is 1.95. The first-order chi connectivity index (χ1) is 10.6. The van der Waals surface area contributed by atoms with Crippen LogP contribution in [-0.2, 0) is 16.4 Å². The van der Waals surface area contributed by atoms with Crippen molar-refractivity contribution in [2.75, 3.05) is 11.6 Å². The predicted octanol–water partition coefficient (Wildman–Crippen LogP) is 3.99. The highest BCUT2D eigenvalue weighted by molar-refractivity contribution is 8.00. The van der Waals surface area contributed by atoms with Gasteiger partial charge in [0.05, 0.1) is 9.92 Å². The molecule has 0 amide bonds. The number of benzene rings is 1. The summed E-state index contributed by atoms with van der Waals surface area (Å²) in [6, 6.07) is 10.8. The Morgan fingerprint density at radius 2 is 1.78 bits per heavy atom. The average Bonchev–Trinajstić information content (AvgIpc) is 2.43. The molecule has 0 unspecified atom stereocenters. The van der Waals surface area contributed by atoms with Gasteiger partial charge in [0.2, 0.25) is 0 Å². The van der Waals surface area contributed by atoms with Gasteiger partial charge in [0.15, 0.2) is 9.84 Å².